The molecule has 7 heteroatoms. The van der Waals surface area contributed by atoms with Crippen LogP contribution in [-0.2, 0) is 4.79 Å². The second kappa shape index (κ2) is 8.63. The number of carbonyl (C=O) groups is 2. The largest absolute Gasteiger partial charge is 0.493 e. The molecule has 0 radical (unpaired) electrons. The van der Waals surface area contributed by atoms with Crippen LogP contribution in [0.2, 0.25) is 5.02 Å². The number of rotatable bonds is 4. The summed E-state index contributed by atoms with van der Waals surface area (Å²) in [7, 11) is 3.08. The minimum absolute atomic E-state index is 0.0182. The molecule has 31 heavy (non-hydrogen) atoms. The van der Waals surface area contributed by atoms with E-state index in [0.29, 0.717) is 53.8 Å². The second-order valence-electron chi connectivity index (χ2n) is 7.77. The van der Waals surface area contributed by atoms with Crippen molar-refractivity contribution in [3.05, 3.63) is 58.6 Å². The van der Waals surface area contributed by atoms with Gasteiger partial charge in [-0.05, 0) is 35.9 Å². The van der Waals surface area contributed by atoms with E-state index < -0.39 is 5.60 Å². The van der Waals surface area contributed by atoms with E-state index in [4.69, 9.17) is 25.8 Å². The van der Waals surface area contributed by atoms with Crippen molar-refractivity contribution in [1.29, 1.82) is 0 Å². The lowest BCUT2D eigenvalue weighted by Crippen LogP contribution is -2.52. The van der Waals surface area contributed by atoms with E-state index in [1.165, 1.54) is 7.11 Å². The maximum Gasteiger partial charge on any atom is 0.246 e. The molecule has 1 fully saturated rings. The summed E-state index contributed by atoms with van der Waals surface area (Å²) in [5.74, 6) is 1.33. The van der Waals surface area contributed by atoms with Gasteiger partial charge in [0, 0.05) is 37.0 Å². The molecule has 6 nitrogen and oxygen atoms in total. The number of ketones is 1. The van der Waals surface area contributed by atoms with Crippen LogP contribution in [0.25, 0.3) is 6.08 Å². The van der Waals surface area contributed by atoms with Gasteiger partial charge in [0.1, 0.15) is 5.60 Å². The maximum atomic E-state index is 12.8. The van der Waals surface area contributed by atoms with E-state index in [9.17, 15) is 9.59 Å². The number of carbonyl (C=O) groups excluding carboxylic acids is 2. The van der Waals surface area contributed by atoms with E-state index in [-0.39, 0.29) is 18.1 Å². The Bertz CT molecular complexity index is 1020. The zero-order valence-corrected chi connectivity index (χ0v) is 18.3. The summed E-state index contributed by atoms with van der Waals surface area (Å²) < 4.78 is 17.2. The fourth-order valence-corrected chi connectivity index (χ4v) is 4.25. The fraction of sp³-hybridized carbons (Fsp3) is 0.333. The van der Waals surface area contributed by atoms with E-state index in [2.05, 4.69) is 0 Å². The molecule has 2 aliphatic rings. The van der Waals surface area contributed by atoms with E-state index >= 15 is 0 Å². The predicted molar refractivity (Wildman–Crippen MR) is 118 cm³/mol. The quantitative estimate of drug-likeness (QED) is 0.658. The molecule has 1 saturated heterocycles. The predicted octanol–water partition coefficient (Wildman–Crippen LogP) is 4.40. The minimum Gasteiger partial charge on any atom is -0.493 e. The van der Waals surface area contributed by atoms with Gasteiger partial charge in [0.2, 0.25) is 11.7 Å². The number of ether oxygens (including phenoxy) is 3. The van der Waals surface area contributed by atoms with Crippen molar-refractivity contribution in [2.24, 2.45) is 0 Å². The molecule has 0 bridgehead atoms. The number of amides is 1. The number of hydrogen-bond acceptors (Lipinski definition) is 5. The Morgan fingerprint density at radius 3 is 2.45 bits per heavy atom. The molecule has 0 aromatic heterocycles. The Balaban J connectivity index is 1.46. The lowest BCUT2D eigenvalue weighted by Gasteiger charge is -2.44. The lowest BCUT2D eigenvalue weighted by atomic mass is 9.82. The fourth-order valence-electron chi connectivity index (χ4n) is 4.12. The van der Waals surface area contributed by atoms with Crippen molar-refractivity contribution in [2.75, 3.05) is 27.3 Å². The Morgan fingerprint density at radius 1 is 1.10 bits per heavy atom. The normalized spacial score (nSPS) is 17.4. The second-order valence-corrected chi connectivity index (χ2v) is 8.21. The third-order valence-electron chi connectivity index (χ3n) is 5.88. The molecule has 2 aliphatic heterocycles. The molecule has 1 amide bonds. The third-order valence-corrected chi connectivity index (χ3v) is 6.13. The van der Waals surface area contributed by atoms with Crippen molar-refractivity contribution < 1.29 is 23.8 Å². The molecule has 162 valence electrons. The van der Waals surface area contributed by atoms with Gasteiger partial charge in [0.15, 0.2) is 17.3 Å². The Hall–Kier alpha value is -2.99. The van der Waals surface area contributed by atoms with Crippen molar-refractivity contribution in [3.63, 3.8) is 0 Å². The first-order chi connectivity index (χ1) is 14.9. The minimum atomic E-state index is -0.638. The summed E-state index contributed by atoms with van der Waals surface area (Å²) in [6, 6.07) is 10.7. The summed E-state index contributed by atoms with van der Waals surface area (Å²) in [5.41, 5.74) is 0.776. The van der Waals surface area contributed by atoms with Gasteiger partial charge in [-0.3, -0.25) is 9.59 Å². The number of benzene rings is 2. The van der Waals surface area contributed by atoms with Crippen molar-refractivity contribution >= 4 is 29.4 Å². The summed E-state index contributed by atoms with van der Waals surface area (Å²) in [6.07, 6.45) is 4.77. The first-order valence-electron chi connectivity index (χ1n) is 10.1. The highest BCUT2D eigenvalue weighted by Gasteiger charge is 2.45. The van der Waals surface area contributed by atoms with Gasteiger partial charge in [-0.2, -0.15) is 0 Å². The van der Waals surface area contributed by atoms with Gasteiger partial charge >= 0.3 is 0 Å². The zero-order chi connectivity index (χ0) is 22.0. The molecule has 0 saturated carbocycles. The van der Waals surface area contributed by atoms with Gasteiger partial charge in [-0.25, -0.2) is 0 Å². The highest BCUT2D eigenvalue weighted by atomic mass is 35.5. The standard InChI is InChI=1S/C24H24ClNO5/c1-29-20-9-8-18-19(27)15-24(31-22(18)23(20)30-2)11-13-26(14-12-24)21(28)10-5-16-3-6-17(25)7-4-16/h3-10H,11-15H2,1-2H3/b10-5+. The first-order valence-corrected chi connectivity index (χ1v) is 10.5. The average Bonchev–Trinajstić information content (AvgIpc) is 2.78. The number of hydrogen-bond donors (Lipinski definition) is 0. The Morgan fingerprint density at radius 2 is 1.81 bits per heavy atom. The summed E-state index contributed by atoms with van der Waals surface area (Å²) >= 11 is 5.89. The lowest BCUT2D eigenvalue weighted by molar-refractivity contribution is -0.129. The van der Waals surface area contributed by atoms with Crippen LogP contribution in [-0.4, -0.2) is 49.5 Å². The molecule has 0 unspecified atom stereocenters. The molecule has 2 aromatic rings. The number of nitrogens with zero attached hydrogens (tertiary/aromatic N) is 1. The van der Waals surface area contributed by atoms with Crippen LogP contribution < -0.4 is 14.2 Å². The molecule has 4 rings (SSSR count). The molecule has 0 N–H and O–H groups in total. The van der Waals surface area contributed by atoms with Gasteiger partial charge in [-0.1, -0.05) is 23.7 Å². The molecule has 0 atom stereocenters. The molecule has 1 spiro atoms. The van der Waals surface area contributed by atoms with Crippen molar-refractivity contribution in [3.8, 4) is 17.2 Å². The van der Waals surface area contributed by atoms with Crippen molar-refractivity contribution in [1.82, 2.24) is 4.90 Å². The van der Waals surface area contributed by atoms with Crippen LogP contribution in [0.5, 0.6) is 17.2 Å². The molecule has 2 heterocycles. The number of halogens is 1. The van der Waals surface area contributed by atoms with E-state index in [0.717, 1.165) is 5.56 Å². The number of methoxy groups -OCH3 is 2. The number of fused-ring (bicyclic) bond motifs is 1. The highest BCUT2D eigenvalue weighted by molar-refractivity contribution is 6.30. The van der Waals surface area contributed by atoms with Crippen LogP contribution in [0.15, 0.2) is 42.5 Å². The Labute approximate surface area is 186 Å². The Kier molecular flexibility index (Phi) is 5.92. The molecular formula is C24H24ClNO5. The number of piperidine rings is 1. The van der Waals surface area contributed by atoms with Gasteiger partial charge in [0.25, 0.3) is 0 Å². The maximum absolute atomic E-state index is 12.8. The SMILES string of the molecule is COc1ccc2c(c1OC)OC1(CCN(C(=O)/C=C/c3ccc(Cl)cc3)CC1)CC2=O. The van der Waals surface area contributed by atoms with Crippen LogP contribution >= 0.6 is 11.6 Å². The van der Waals surface area contributed by atoms with Crippen LogP contribution in [0, 0.1) is 0 Å². The summed E-state index contributed by atoms with van der Waals surface area (Å²) in [5, 5.41) is 0.655. The smallest absolute Gasteiger partial charge is 0.246 e. The number of likely N-dealkylation sites (tertiary alicyclic amines) is 1. The van der Waals surface area contributed by atoms with Crippen molar-refractivity contribution in [2.45, 2.75) is 24.9 Å². The topological polar surface area (TPSA) is 65.1 Å². The van der Waals surface area contributed by atoms with E-state index in [1.807, 2.05) is 12.1 Å². The van der Waals surface area contributed by atoms with Gasteiger partial charge in [0.05, 0.1) is 26.2 Å². The van der Waals surface area contributed by atoms with Gasteiger partial charge in [-0.15, -0.1) is 0 Å². The first kappa shape index (κ1) is 21.2. The average molecular weight is 442 g/mol. The highest BCUT2D eigenvalue weighted by Crippen LogP contribution is 2.47. The van der Waals surface area contributed by atoms with E-state index in [1.54, 1.807) is 48.4 Å². The summed E-state index contributed by atoms with van der Waals surface area (Å²) in [6.45, 7) is 1.03. The molecular weight excluding hydrogens is 418 g/mol. The zero-order valence-electron chi connectivity index (χ0n) is 17.5. The van der Waals surface area contributed by atoms with Crippen LogP contribution in [0.1, 0.15) is 35.2 Å². The monoisotopic (exact) mass is 441 g/mol. The van der Waals surface area contributed by atoms with Gasteiger partial charge < -0.3 is 19.1 Å². The third kappa shape index (κ3) is 4.26. The number of Topliss-reactive ketones (excluding diaryl/α,β-unsaturated/α-hetero) is 1. The molecule has 2 aromatic carbocycles. The summed E-state index contributed by atoms with van der Waals surface area (Å²) in [4.78, 5) is 27.3. The van der Waals surface area contributed by atoms with Crippen LogP contribution in [0.4, 0.5) is 0 Å². The molecule has 0 aliphatic carbocycles. The van der Waals surface area contributed by atoms with Crippen LogP contribution in [0.3, 0.4) is 0 Å².